The van der Waals surface area contributed by atoms with Crippen molar-refractivity contribution in [2.45, 2.75) is 18.1 Å². The number of amides is 1. The molecule has 1 amide bonds. The Morgan fingerprint density at radius 3 is 2.50 bits per heavy atom. The molecule has 0 saturated heterocycles. The average molecular weight is 559 g/mol. The van der Waals surface area contributed by atoms with Crippen molar-refractivity contribution >= 4 is 28.6 Å². The number of benzene rings is 3. The molecule has 2 heterocycles. The normalized spacial score (nSPS) is 11.7. The van der Waals surface area contributed by atoms with E-state index in [1.165, 1.54) is 16.3 Å². The summed E-state index contributed by atoms with van der Waals surface area (Å²) in [5, 5.41) is 12.9. The molecule has 0 saturated carbocycles. The van der Waals surface area contributed by atoms with Crippen LogP contribution in [-0.4, -0.2) is 48.8 Å². The lowest BCUT2D eigenvalue weighted by molar-refractivity contribution is 0.0954. The second-order valence-corrected chi connectivity index (χ2v) is 9.79. The molecule has 0 atom stereocenters. The maximum atomic E-state index is 13.5. The Labute approximate surface area is 234 Å². The van der Waals surface area contributed by atoms with Crippen LogP contribution < -0.4 is 29.8 Å². The Hall–Kier alpha value is -4.69. The van der Waals surface area contributed by atoms with Crippen molar-refractivity contribution in [3.8, 4) is 29.1 Å². The van der Waals surface area contributed by atoms with Crippen LogP contribution in [0.2, 0.25) is 0 Å². The van der Waals surface area contributed by atoms with E-state index in [4.69, 9.17) is 24.2 Å². The third kappa shape index (κ3) is 5.67. The molecule has 0 fully saturated rings. The van der Waals surface area contributed by atoms with Gasteiger partial charge in [0.1, 0.15) is 0 Å². The van der Waals surface area contributed by atoms with Gasteiger partial charge in [-0.15, -0.1) is 0 Å². The number of nitrogens with zero attached hydrogens (tertiary/aromatic N) is 3. The smallest absolute Gasteiger partial charge is 0.262 e. The average Bonchev–Trinajstić information content (AvgIpc) is 3.44. The fourth-order valence-electron chi connectivity index (χ4n) is 4.34. The third-order valence-corrected chi connectivity index (χ3v) is 7.23. The highest BCUT2D eigenvalue weighted by Gasteiger charge is 2.19. The molecule has 1 aromatic heterocycles. The minimum Gasteiger partial charge on any atom is -0.493 e. The van der Waals surface area contributed by atoms with Crippen LogP contribution in [0.15, 0.2) is 64.5 Å². The molecule has 5 rings (SSSR count). The van der Waals surface area contributed by atoms with E-state index < -0.39 is 0 Å². The number of nitrogens with one attached hydrogen (secondary N) is 1. The van der Waals surface area contributed by atoms with Crippen molar-refractivity contribution < 1.29 is 23.7 Å². The molecule has 0 bridgehead atoms. The molecule has 3 aromatic carbocycles. The summed E-state index contributed by atoms with van der Waals surface area (Å²) in [6.45, 7) is 0.767. The maximum Gasteiger partial charge on any atom is 0.262 e. The number of carbonyl (C=O) groups excluding carboxylic acids is 1. The van der Waals surface area contributed by atoms with Crippen molar-refractivity contribution in [2.75, 3.05) is 33.3 Å². The topological polar surface area (TPSA) is 125 Å². The van der Waals surface area contributed by atoms with Crippen molar-refractivity contribution in [3.05, 3.63) is 81.6 Å². The molecule has 11 heteroatoms. The standard InChI is InChI=1S/C29H26N4O6S/c1-36-23-8-5-18(13-24(23)37-2)9-11-31-27(34)20-6-3-19(4-7-20)16-33-28(35)21-14-25-26(39-17-38-25)15-22(21)32-29(33)40-12-10-30/h3-8,13-15H,9,11-12,16-17H2,1-2H3,(H,31,34). The van der Waals surface area contributed by atoms with E-state index in [9.17, 15) is 9.59 Å². The lowest BCUT2D eigenvalue weighted by Gasteiger charge is -2.13. The van der Waals surface area contributed by atoms with Gasteiger partial charge in [0.25, 0.3) is 11.5 Å². The summed E-state index contributed by atoms with van der Waals surface area (Å²) in [6.07, 6.45) is 0.631. The van der Waals surface area contributed by atoms with E-state index in [1.807, 2.05) is 18.2 Å². The highest BCUT2D eigenvalue weighted by Crippen LogP contribution is 2.35. The predicted octanol–water partition coefficient (Wildman–Crippen LogP) is 3.78. The first-order valence-electron chi connectivity index (χ1n) is 12.4. The number of methoxy groups -OCH3 is 2. The number of hydrogen-bond acceptors (Lipinski definition) is 9. The number of aromatic nitrogens is 2. The maximum absolute atomic E-state index is 13.5. The van der Waals surface area contributed by atoms with Crippen LogP contribution in [0.5, 0.6) is 23.0 Å². The highest BCUT2D eigenvalue weighted by atomic mass is 32.2. The minimum absolute atomic E-state index is 0.0893. The SMILES string of the molecule is COc1ccc(CCNC(=O)c2ccc(Cn3c(SCC#N)nc4cc5c(cc4c3=O)OCO5)cc2)cc1OC. The van der Waals surface area contributed by atoms with Crippen LogP contribution in [0, 0.1) is 11.3 Å². The minimum atomic E-state index is -0.249. The molecule has 0 radical (unpaired) electrons. The first-order valence-corrected chi connectivity index (χ1v) is 13.4. The molecular weight excluding hydrogens is 532 g/mol. The van der Waals surface area contributed by atoms with Gasteiger partial charge in [0.15, 0.2) is 28.2 Å². The van der Waals surface area contributed by atoms with Crippen molar-refractivity contribution in [2.24, 2.45) is 0 Å². The fraction of sp³-hybridized carbons (Fsp3) is 0.241. The summed E-state index contributed by atoms with van der Waals surface area (Å²) in [5.74, 6) is 2.27. The van der Waals surface area contributed by atoms with Gasteiger partial charge in [0.05, 0.1) is 43.5 Å². The van der Waals surface area contributed by atoms with E-state index in [1.54, 1.807) is 50.6 Å². The first kappa shape index (κ1) is 26.9. The number of hydrogen-bond donors (Lipinski definition) is 1. The van der Waals surface area contributed by atoms with Crippen LogP contribution >= 0.6 is 11.8 Å². The predicted molar refractivity (Wildman–Crippen MR) is 150 cm³/mol. The molecule has 0 spiro atoms. The van der Waals surface area contributed by atoms with Gasteiger partial charge >= 0.3 is 0 Å². The van der Waals surface area contributed by atoms with Gasteiger partial charge in [-0.25, -0.2) is 4.98 Å². The summed E-state index contributed by atoms with van der Waals surface area (Å²) in [5.41, 5.74) is 2.56. The number of thioether (sulfide) groups is 1. The van der Waals surface area contributed by atoms with Gasteiger partial charge in [-0.2, -0.15) is 5.26 Å². The Bertz CT molecular complexity index is 1660. The summed E-state index contributed by atoms with van der Waals surface area (Å²) in [6, 6.07) is 18.1. The van der Waals surface area contributed by atoms with E-state index in [0.29, 0.717) is 57.6 Å². The summed E-state index contributed by atoms with van der Waals surface area (Å²) >= 11 is 1.19. The van der Waals surface area contributed by atoms with Crippen molar-refractivity contribution in [1.29, 1.82) is 5.26 Å². The molecule has 40 heavy (non-hydrogen) atoms. The molecule has 0 unspecified atom stereocenters. The molecule has 1 N–H and O–H groups in total. The number of nitriles is 1. The highest BCUT2D eigenvalue weighted by molar-refractivity contribution is 7.99. The largest absolute Gasteiger partial charge is 0.493 e. The molecule has 1 aliphatic heterocycles. The van der Waals surface area contributed by atoms with Gasteiger partial charge < -0.3 is 24.3 Å². The lowest BCUT2D eigenvalue weighted by Crippen LogP contribution is -2.26. The summed E-state index contributed by atoms with van der Waals surface area (Å²) in [7, 11) is 3.17. The van der Waals surface area contributed by atoms with Crippen LogP contribution in [-0.2, 0) is 13.0 Å². The van der Waals surface area contributed by atoms with Gasteiger partial charge in [-0.05, 0) is 47.9 Å². The van der Waals surface area contributed by atoms with Crippen molar-refractivity contribution in [3.63, 3.8) is 0 Å². The summed E-state index contributed by atoms with van der Waals surface area (Å²) in [4.78, 5) is 30.8. The number of rotatable bonds is 10. The van der Waals surface area contributed by atoms with Gasteiger partial charge in [0, 0.05) is 18.2 Å². The molecule has 4 aromatic rings. The Kier molecular flexibility index (Phi) is 8.07. The Morgan fingerprint density at radius 1 is 1.05 bits per heavy atom. The third-order valence-electron chi connectivity index (χ3n) is 6.38. The first-order chi connectivity index (χ1) is 19.5. The zero-order valence-electron chi connectivity index (χ0n) is 21.9. The van der Waals surface area contributed by atoms with Crippen LogP contribution in [0.3, 0.4) is 0 Å². The zero-order valence-corrected chi connectivity index (χ0v) is 22.7. The lowest BCUT2D eigenvalue weighted by atomic mass is 10.1. The van der Waals surface area contributed by atoms with E-state index >= 15 is 0 Å². The number of ether oxygens (including phenoxy) is 4. The van der Waals surface area contributed by atoms with E-state index in [2.05, 4.69) is 16.4 Å². The van der Waals surface area contributed by atoms with Gasteiger partial charge in [-0.1, -0.05) is 30.0 Å². The van der Waals surface area contributed by atoms with Crippen LogP contribution in [0.1, 0.15) is 21.5 Å². The zero-order chi connectivity index (χ0) is 28.1. The molecule has 204 valence electrons. The second-order valence-electron chi connectivity index (χ2n) is 8.85. The van der Waals surface area contributed by atoms with Gasteiger partial charge in [-0.3, -0.25) is 14.2 Å². The Balaban J connectivity index is 1.29. The molecular formula is C29H26N4O6S. The van der Waals surface area contributed by atoms with Crippen LogP contribution in [0.4, 0.5) is 0 Å². The van der Waals surface area contributed by atoms with E-state index in [-0.39, 0.29) is 30.6 Å². The Morgan fingerprint density at radius 2 is 1.77 bits per heavy atom. The van der Waals surface area contributed by atoms with E-state index in [0.717, 1.165) is 11.1 Å². The second kappa shape index (κ2) is 12.0. The van der Waals surface area contributed by atoms with Crippen LogP contribution in [0.25, 0.3) is 10.9 Å². The molecule has 1 aliphatic rings. The monoisotopic (exact) mass is 558 g/mol. The number of carbonyl (C=O) groups is 1. The number of fused-ring (bicyclic) bond motifs is 2. The summed E-state index contributed by atoms with van der Waals surface area (Å²) < 4.78 is 23.0. The van der Waals surface area contributed by atoms with Crippen molar-refractivity contribution in [1.82, 2.24) is 14.9 Å². The quantitative estimate of drug-likeness (QED) is 0.229. The molecule has 0 aliphatic carbocycles. The fourth-order valence-corrected chi connectivity index (χ4v) is 5.00. The molecule has 10 nitrogen and oxygen atoms in total. The van der Waals surface area contributed by atoms with Gasteiger partial charge in [0.2, 0.25) is 6.79 Å².